The maximum atomic E-state index is 11.1. The number of H-pyrrole nitrogens is 1. The lowest BCUT2D eigenvalue weighted by molar-refractivity contribution is 0.271. The summed E-state index contributed by atoms with van der Waals surface area (Å²) in [5.41, 5.74) is 1.02. The SMILES string of the molecule is O=c1[nH]c(C2(c3ccc(Br)cc3)CCC2)no1. The van der Waals surface area contributed by atoms with Gasteiger partial charge in [0.2, 0.25) is 0 Å². The Kier molecular flexibility index (Phi) is 2.43. The molecule has 4 nitrogen and oxygen atoms in total. The number of rotatable bonds is 2. The van der Waals surface area contributed by atoms with Gasteiger partial charge in [-0.1, -0.05) is 39.6 Å². The molecule has 0 amide bonds. The van der Waals surface area contributed by atoms with E-state index in [1.54, 1.807) is 0 Å². The lowest BCUT2D eigenvalue weighted by Gasteiger charge is -2.39. The van der Waals surface area contributed by atoms with Crippen molar-refractivity contribution in [2.45, 2.75) is 24.7 Å². The van der Waals surface area contributed by atoms with E-state index in [1.165, 1.54) is 5.56 Å². The minimum Gasteiger partial charge on any atom is -0.296 e. The molecule has 0 radical (unpaired) electrons. The molecular formula is C12H11BrN2O2. The molecule has 1 aromatic heterocycles. The minimum absolute atomic E-state index is 0.160. The topological polar surface area (TPSA) is 58.9 Å². The Bertz CT molecular complexity index is 581. The molecule has 1 aliphatic carbocycles. The van der Waals surface area contributed by atoms with Gasteiger partial charge in [0, 0.05) is 4.47 Å². The molecule has 2 aromatic rings. The monoisotopic (exact) mass is 294 g/mol. The number of benzene rings is 1. The molecule has 0 spiro atoms. The molecule has 1 aliphatic rings. The van der Waals surface area contributed by atoms with Crippen LogP contribution in [0.4, 0.5) is 0 Å². The number of nitrogens with one attached hydrogen (secondary N) is 1. The molecule has 1 fully saturated rings. The van der Waals surface area contributed by atoms with Crippen LogP contribution in [0.3, 0.4) is 0 Å². The largest absolute Gasteiger partial charge is 0.438 e. The summed E-state index contributed by atoms with van der Waals surface area (Å²) in [6, 6.07) is 8.15. The van der Waals surface area contributed by atoms with Crippen molar-refractivity contribution < 1.29 is 4.52 Å². The molecule has 5 heteroatoms. The highest BCUT2D eigenvalue weighted by Gasteiger charge is 2.43. The smallest absolute Gasteiger partial charge is 0.296 e. The van der Waals surface area contributed by atoms with Gasteiger partial charge in [-0.15, -0.1) is 0 Å². The molecule has 17 heavy (non-hydrogen) atoms. The first-order chi connectivity index (χ1) is 8.21. The Morgan fingerprint density at radius 3 is 2.47 bits per heavy atom. The molecule has 0 saturated heterocycles. The lowest BCUT2D eigenvalue weighted by atomic mass is 9.64. The Labute approximate surface area is 106 Å². The highest BCUT2D eigenvalue weighted by Crippen LogP contribution is 2.47. The van der Waals surface area contributed by atoms with Crippen molar-refractivity contribution in [2.24, 2.45) is 0 Å². The van der Waals surface area contributed by atoms with Crippen molar-refractivity contribution in [1.82, 2.24) is 10.1 Å². The summed E-state index contributed by atoms with van der Waals surface area (Å²) in [7, 11) is 0. The summed E-state index contributed by atoms with van der Waals surface area (Å²) in [5.74, 6) is 0.166. The van der Waals surface area contributed by atoms with E-state index in [9.17, 15) is 4.79 Å². The maximum absolute atomic E-state index is 11.1. The zero-order chi connectivity index (χ0) is 11.9. The van der Waals surface area contributed by atoms with Crippen molar-refractivity contribution >= 4 is 15.9 Å². The first-order valence-corrected chi connectivity index (χ1v) is 6.32. The van der Waals surface area contributed by atoms with Crippen molar-refractivity contribution in [3.8, 4) is 0 Å². The molecule has 3 rings (SSSR count). The van der Waals surface area contributed by atoms with Crippen LogP contribution in [0.15, 0.2) is 38.1 Å². The van der Waals surface area contributed by atoms with Gasteiger partial charge in [0.1, 0.15) is 0 Å². The fourth-order valence-electron chi connectivity index (χ4n) is 2.40. The standard InChI is InChI=1S/C12H11BrN2O2/c13-9-4-2-8(3-5-9)12(6-1-7-12)10-14-11(16)17-15-10/h2-5H,1,6-7H2,(H,14,15,16). The van der Waals surface area contributed by atoms with Gasteiger partial charge < -0.3 is 0 Å². The Balaban J connectivity index is 2.08. The second-order valence-electron chi connectivity index (χ2n) is 4.39. The Morgan fingerprint density at radius 1 is 1.29 bits per heavy atom. The molecule has 0 atom stereocenters. The zero-order valence-electron chi connectivity index (χ0n) is 9.07. The van der Waals surface area contributed by atoms with Crippen LogP contribution in [-0.2, 0) is 5.41 Å². The molecule has 1 aromatic carbocycles. The van der Waals surface area contributed by atoms with Crippen LogP contribution < -0.4 is 5.76 Å². The van der Waals surface area contributed by atoms with Gasteiger partial charge in [-0.05, 0) is 30.5 Å². The highest BCUT2D eigenvalue weighted by molar-refractivity contribution is 9.10. The normalized spacial score (nSPS) is 17.7. The van der Waals surface area contributed by atoms with Gasteiger partial charge in [0.05, 0.1) is 5.41 Å². The molecule has 88 valence electrons. The van der Waals surface area contributed by atoms with Crippen molar-refractivity contribution in [3.05, 3.63) is 50.7 Å². The number of halogens is 1. The maximum Gasteiger partial charge on any atom is 0.438 e. The molecule has 1 heterocycles. The second-order valence-corrected chi connectivity index (χ2v) is 5.30. The summed E-state index contributed by atoms with van der Waals surface area (Å²) in [5, 5.41) is 3.85. The van der Waals surface area contributed by atoms with E-state index in [2.05, 4.69) is 42.7 Å². The van der Waals surface area contributed by atoms with Crippen molar-refractivity contribution in [3.63, 3.8) is 0 Å². The number of aromatic nitrogens is 2. The third kappa shape index (κ3) is 1.65. The van der Waals surface area contributed by atoms with E-state index >= 15 is 0 Å². The zero-order valence-corrected chi connectivity index (χ0v) is 10.7. The fourth-order valence-corrected chi connectivity index (χ4v) is 2.66. The molecule has 1 N–H and O–H groups in total. The van der Waals surface area contributed by atoms with Gasteiger partial charge in [0.15, 0.2) is 5.82 Å². The van der Waals surface area contributed by atoms with E-state index in [0.29, 0.717) is 5.82 Å². The molecular weight excluding hydrogens is 284 g/mol. The Morgan fingerprint density at radius 2 is 2.00 bits per heavy atom. The van der Waals surface area contributed by atoms with E-state index in [4.69, 9.17) is 0 Å². The van der Waals surface area contributed by atoms with Gasteiger partial charge in [-0.2, -0.15) is 0 Å². The summed E-state index contributed by atoms with van der Waals surface area (Å²) in [6.07, 6.45) is 3.14. The summed E-state index contributed by atoms with van der Waals surface area (Å²) in [4.78, 5) is 13.8. The Hall–Kier alpha value is -1.36. The summed E-state index contributed by atoms with van der Waals surface area (Å²) >= 11 is 3.42. The van der Waals surface area contributed by atoms with Gasteiger partial charge in [-0.3, -0.25) is 9.51 Å². The second kappa shape index (κ2) is 3.84. The first-order valence-electron chi connectivity index (χ1n) is 5.53. The quantitative estimate of drug-likeness (QED) is 0.926. The van der Waals surface area contributed by atoms with Crippen LogP contribution in [0.2, 0.25) is 0 Å². The van der Waals surface area contributed by atoms with Crippen LogP contribution in [0.25, 0.3) is 0 Å². The lowest BCUT2D eigenvalue weighted by Crippen LogP contribution is -2.36. The highest BCUT2D eigenvalue weighted by atomic mass is 79.9. The number of aromatic amines is 1. The van der Waals surface area contributed by atoms with Gasteiger partial charge in [0.25, 0.3) is 0 Å². The number of nitrogens with zero attached hydrogens (tertiary/aromatic N) is 1. The molecule has 0 unspecified atom stereocenters. The number of hydrogen-bond donors (Lipinski definition) is 1. The molecule has 0 bridgehead atoms. The average molecular weight is 295 g/mol. The third-order valence-corrected chi connectivity index (χ3v) is 4.03. The van der Waals surface area contributed by atoms with E-state index < -0.39 is 5.76 Å². The molecule has 1 saturated carbocycles. The average Bonchev–Trinajstić information content (AvgIpc) is 2.67. The van der Waals surface area contributed by atoms with Crippen LogP contribution in [0.5, 0.6) is 0 Å². The third-order valence-electron chi connectivity index (χ3n) is 3.50. The fraction of sp³-hybridized carbons (Fsp3) is 0.333. The minimum atomic E-state index is -0.483. The first kappa shape index (κ1) is 10.8. The van der Waals surface area contributed by atoms with E-state index in [-0.39, 0.29) is 5.41 Å². The summed E-state index contributed by atoms with van der Waals surface area (Å²) in [6.45, 7) is 0. The van der Waals surface area contributed by atoms with Crippen LogP contribution in [0, 0.1) is 0 Å². The predicted molar refractivity (Wildman–Crippen MR) is 65.9 cm³/mol. The van der Waals surface area contributed by atoms with Crippen molar-refractivity contribution in [2.75, 3.05) is 0 Å². The van der Waals surface area contributed by atoms with Gasteiger partial charge >= 0.3 is 5.76 Å². The number of hydrogen-bond acceptors (Lipinski definition) is 3. The van der Waals surface area contributed by atoms with Crippen LogP contribution >= 0.6 is 15.9 Å². The van der Waals surface area contributed by atoms with Crippen LogP contribution in [-0.4, -0.2) is 10.1 Å². The van der Waals surface area contributed by atoms with E-state index in [1.807, 2.05) is 12.1 Å². The van der Waals surface area contributed by atoms with E-state index in [0.717, 1.165) is 23.7 Å². The molecule has 0 aliphatic heterocycles. The summed E-state index contributed by atoms with van der Waals surface area (Å²) < 4.78 is 5.67. The predicted octanol–water partition coefficient (Wildman–Crippen LogP) is 2.60. The van der Waals surface area contributed by atoms with Crippen molar-refractivity contribution in [1.29, 1.82) is 0 Å². The van der Waals surface area contributed by atoms with Gasteiger partial charge in [-0.25, -0.2) is 4.79 Å². The van der Waals surface area contributed by atoms with Crippen LogP contribution in [0.1, 0.15) is 30.7 Å².